The minimum Gasteiger partial charge on any atom is -0.458 e. The Morgan fingerprint density at radius 1 is 1.16 bits per heavy atom. The first-order valence-corrected chi connectivity index (χ1v) is 9.78. The Morgan fingerprint density at radius 2 is 1.84 bits per heavy atom. The summed E-state index contributed by atoms with van der Waals surface area (Å²) in [6.07, 6.45) is 0.0462. The van der Waals surface area contributed by atoms with Gasteiger partial charge in [-0.15, -0.1) is 0 Å². The molecule has 12 heteroatoms. The first kappa shape index (κ1) is 21.7. The van der Waals surface area contributed by atoms with Crippen LogP contribution in [0.3, 0.4) is 0 Å². The Labute approximate surface area is 179 Å². The van der Waals surface area contributed by atoms with Gasteiger partial charge >= 0.3 is 12.2 Å². The number of carbonyl (C=O) groups is 1. The van der Waals surface area contributed by atoms with Crippen molar-refractivity contribution in [1.29, 1.82) is 0 Å². The van der Waals surface area contributed by atoms with Gasteiger partial charge in [-0.1, -0.05) is 6.07 Å². The second-order valence-electron chi connectivity index (χ2n) is 7.24. The molecule has 3 heterocycles. The van der Waals surface area contributed by atoms with Crippen LogP contribution < -0.4 is 4.74 Å². The molecule has 1 aliphatic heterocycles. The summed E-state index contributed by atoms with van der Waals surface area (Å²) >= 11 is 0. The SMILES string of the molecule is CC1C(Oc2ncc(C(F)(F)F)cn2)CCCN1C(=O)c1c(F)cccc1-n1nccn1. The van der Waals surface area contributed by atoms with E-state index in [0.29, 0.717) is 31.8 Å². The Balaban J connectivity index is 1.55. The lowest BCUT2D eigenvalue weighted by Crippen LogP contribution is -2.51. The Hall–Kier alpha value is -3.57. The smallest absolute Gasteiger partial charge is 0.419 e. The van der Waals surface area contributed by atoms with E-state index in [2.05, 4.69) is 20.2 Å². The number of carbonyl (C=O) groups excluding carboxylic acids is 1. The largest absolute Gasteiger partial charge is 0.458 e. The maximum Gasteiger partial charge on any atom is 0.419 e. The van der Waals surface area contributed by atoms with Crippen molar-refractivity contribution >= 4 is 5.91 Å². The monoisotopic (exact) mass is 450 g/mol. The van der Waals surface area contributed by atoms with Crippen LogP contribution in [-0.2, 0) is 6.18 Å². The fourth-order valence-electron chi connectivity index (χ4n) is 3.59. The predicted molar refractivity (Wildman–Crippen MR) is 102 cm³/mol. The normalized spacial score (nSPS) is 19.1. The van der Waals surface area contributed by atoms with Gasteiger partial charge in [0.1, 0.15) is 23.2 Å². The van der Waals surface area contributed by atoms with Crippen molar-refractivity contribution < 1.29 is 27.1 Å². The molecule has 8 nitrogen and oxygen atoms in total. The summed E-state index contributed by atoms with van der Waals surface area (Å²) in [6.45, 7) is 2.08. The van der Waals surface area contributed by atoms with E-state index in [1.807, 2.05) is 0 Å². The molecule has 2 atom stereocenters. The van der Waals surface area contributed by atoms with Crippen LogP contribution >= 0.6 is 0 Å². The molecule has 3 aromatic rings. The van der Waals surface area contributed by atoms with Gasteiger partial charge in [-0.2, -0.15) is 28.2 Å². The molecule has 1 aliphatic rings. The number of alkyl halides is 3. The molecule has 0 spiro atoms. The third-order valence-corrected chi connectivity index (χ3v) is 5.23. The first-order valence-electron chi connectivity index (χ1n) is 9.78. The number of aromatic nitrogens is 5. The first-order chi connectivity index (χ1) is 15.3. The van der Waals surface area contributed by atoms with Gasteiger partial charge in [-0.25, -0.2) is 14.4 Å². The van der Waals surface area contributed by atoms with Gasteiger partial charge in [0.2, 0.25) is 0 Å². The van der Waals surface area contributed by atoms with Crippen LogP contribution in [0.15, 0.2) is 43.0 Å². The van der Waals surface area contributed by atoms with Crippen molar-refractivity contribution in [2.24, 2.45) is 0 Å². The van der Waals surface area contributed by atoms with Crippen molar-refractivity contribution in [2.75, 3.05) is 6.54 Å². The summed E-state index contributed by atoms with van der Waals surface area (Å²) in [5, 5.41) is 7.95. The van der Waals surface area contributed by atoms with E-state index >= 15 is 0 Å². The van der Waals surface area contributed by atoms with E-state index in [0.717, 1.165) is 4.80 Å². The molecule has 1 fully saturated rings. The lowest BCUT2D eigenvalue weighted by Gasteiger charge is -2.39. The molecule has 1 amide bonds. The van der Waals surface area contributed by atoms with E-state index in [4.69, 9.17) is 4.74 Å². The molecule has 168 valence electrons. The van der Waals surface area contributed by atoms with Gasteiger partial charge in [-0.3, -0.25) is 4.79 Å². The average Bonchev–Trinajstić information content (AvgIpc) is 3.29. The quantitative estimate of drug-likeness (QED) is 0.567. The maximum absolute atomic E-state index is 14.7. The highest BCUT2D eigenvalue weighted by atomic mass is 19.4. The zero-order valence-corrected chi connectivity index (χ0v) is 16.8. The number of amides is 1. The standard InChI is InChI=1S/C20H18F4N6O2/c1-12-16(32-19-25-10-13(11-26-19)20(22,23)24)6-3-9-29(12)18(31)17-14(21)4-2-5-15(17)30-27-7-8-28-30/h2,4-5,7-8,10-12,16H,3,6,9H2,1H3. The summed E-state index contributed by atoms with van der Waals surface area (Å²) in [6, 6.07) is 3.43. The molecular weight excluding hydrogens is 432 g/mol. The van der Waals surface area contributed by atoms with Gasteiger partial charge in [-0.05, 0) is 31.9 Å². The van der Waals surface area contributed by atoms with Crippen LogP contribution in [0.25, 0.3) is 5.69 Å². The Bertz CT molecular complexity index is 1090. The van der Waals surface area contributed by atoms with Crippen LogP contribution in [0.4, 0.5) is 17.6 Å². The topological polar surface area (TPSA) is 86.0 Å². The highest BCUT2D eigenvalue weighted by Crippen LogP contribution is 2.29. The molecule has 0 aliphatic carbocycles. The maximum atomic E-state index is 14.7. The number of ether oxygens (including phenoxy) is 1. The number of halogens is 4. The lowest BCUT2D eigenvalue weighted by molar-refractivity contribution is -0.138. The highest BCUT2D eigenvalue weighted by molar-refractivity contribution is 5.98. The predicted octanol–water partition coefficient (Wildman–Crippen LogP) is 3.29. The van der Waals surface area contributed by atoms with Gasteiger partial charge < -0.3 is 9.64 Å². The molecule has 0 bridgehead atoms. The molecule has 1 aromatic carbocycles. The van der Waals surface area contributed by atoms with E-state index < -0.39 is 35.6 Å². The van der Waals surface area contributed by atoms with Gasteiger partial charge in [0, 0.05) is 18.9 Å². The van der Waals surface area contributed by atoms with Crippen LogP contribution in [0.1, 0.15) is 35.7 Å². The number of likely N-dealkylation sites (tertiary alicyclic amines) is 1. The van der Waals surface area contributed by atoms with Crippen LogP contribution in [0, 0.1) is 5.82 Å². The summed E-state index contributed by atoms with van der Waals surface area (Å²) in [5.74, 6) is -1.28. The van der Waals surface area contributed by atoms with E-state index in [1.54, 1.807) is 6.92 Å². The highest BCUT2D eigenvalue weighted by Gasteiger charge is 2.36. The van der Waals surface area contributed by atoms with Crippen LogP contribution in [-0.4, -0.2) is 54.5 Å². The van der Waals surface area contributed by atoms with Crippen molar-refractivity contribution in [1.82, 2.24) is 29.9 Å². The molecule has 2 aromatic heterocycles. The van der Waals surface area contributed by atoms with E-state index in [1.165, 1.54) is 35.5 Å². The summed E-state index contributed by atoms with van der Waals surface area (Å²) in [4.78, 5) is 23.2. The van der Waals surface area contributed by atoms with E-state index in [-0.39, 0.29) is 17.3 Å². The van der Waals surface area contributed by atoms with Crippen molar-refractivity contribution in [2.45, 2.75) is 38.1 Å². The summed E-state index contributed by atoms with van der Waals surface area (Å²) in [7, 11) is 0. The van der Waals surface area contributed by atoms with Gasteiger partial charge in [0.05, 0.1) is 24.0 Å². The number of nitrogens with zero attached hydrogens (tertiary/aromatic N) is 6. The molecule has 32 heavy (non-hydrogen) atoms. The summed E-state index contributed by atoms with van der Waals surface area (Å²) in [5.41, 5.74) is -0.971. The minimum absolute atomic E-state index is 0.179. The lowest BCUT2D eigenvalue weighted by atomic mass is 9.98. The van der Waals surface area contributed by atoms with E-state index in [9.17, 15) is 22.4 Å². The Kier molecular flexibility index (Phi) is 5.76. The third kappa shape index (κ3) is 4.25. The summed E-state index contributed by atoms with van der Waals surface area (Å²) < 4.78 is 58.5. The van der Waals surface area contributed by atoms with Crippen LogP contribution in [0.2, 0.25) is 0 Å². The third-order valence-electron chi connectivity index (χ3n) is 5.23. The fourth-order valence-corrected chi connectivity index (χ4v) is 3.59. The number of rotatable bonds is 4. The number of hydrogen-bond acceptors (Lipinski definition) is 6. The second-order valence-corrected chi connectivity index (χ2v) is 7.24. The van der Waals surface area contributed by atoms with Crippen LogP contribution in [0.5, 0.6) is 6.01 Å². The zero-order valence-electron chi connectivity index (χ0n) is 16.8. The fraction of sp³-hybridized carbons (Fsp3) is 0.350. The molecule has 4 rings (SSSR count). The molecule has 2 unspecified atom stereocenters. The number of benzene rings is 1. The van der Waals surface area contributed by atoms with Crippen molar-refractivity contribution in [3.8, 4) is 11.7 Å². The van der Waals surface area contributed by atoms with Crippen molar-refractivity contribution in [3.05, 3.63) is 59.9 Å². The zero-order chi connectivity index (χ0) is 22.9. The number of hydrogen-bond donors (Lipinski definition) is 0. The minimum atomic E-state index is -4.55. The Morgan fingerprint density at radius 3 is 2.50 bits per heavy atom. The average molecular weight is 450 g/mol. The molecule has 0 saturated carbocycles. The molecule has 1 saturated heterocycles. The number of piperidine rings is 1. The molecule has 0 radical (unpaired) electrons. The molecule has 0 N–H and O–H groups in total. The van der Waals surface area contributed by atoms with Crippen molar-refractivity contribution in [3.63, 3.8) is 0 Å². The van der Waals surface area contributed by atoms with Gasteiger partial charge in [0.15, 0.2) is 0 Å². The second kappa shape index (κ2) is 8.52. The molecular formula is C20H18F4N6O2. The van der Waals surface area contributed by atoms with Gasteiger partial charge in [0.25, 0.3) is 5.91 Å².